The van der Waals surface area contributed by atoms with E-state index in [9.17, 15) is 9.90 Å². The highest BCUT2D eigenvalue weighted by Crippen LogP contribution is 2.34. The zero-order valence-electron chi connectivity index (χ0n) is 20.4. The SMILES string of the molecule is CNc1cc(-c2cn(C3CCOCC3)c3ncccc23)nc2c(C(=O)N[C@H]3CCC[C@H](O)C3)cnn12. The highest BCUT2D eigenvalue weighted by molar-refractivity contribution is 6.01. The third kappa shape index (κ3) is 4.10. The molecule has 4 aromatic rings. The summed E-state index contributed by atoms with van der Waals surface area (Å²) in [7, 11) is 1.83. The van der Waals surface area contributed by atoms with Crippen molar-refractivity contribution in [1.29, 1.82) is 0 Å². The van der Waals surface area contributed by atoms with Gasteiger partial charge in [0, 0.05) is 61.8 Å². The minimum Gasteiger partial charge on any atom is -0.393 e. The van der Waals surface area contributed by atoms with E-state index >= 15 is 0 Å². The molecule has 1 saturated heterocycles. The van der Waals surface area contributed by atoms with Crippen LogP contribution in [0.3, 0.4) is 0 Å². The number of amides is 1. The first-order chi connectivity index (χ1) is 17.6. The highest BCUT2D eigenvalue weighted by Gasteiger charge is 2.26. The molecule has 5 heterocycles. The molecule has 2 atom stereocenters. The van der Waals surface area contributed by atoms with Crippen LogP contribution in [0, 0.1) is 0 Å². The summed E-state index contributed by atoms with van der Waals surface area (Å²) in [6.45, 7) is 1.49. The number of aromatic nitrogens is 5. The number of anilines is 1. The van der Waals surface area contributed by atoms with E-state index in [1.807, 2.05) is 25.4 Å². The topological polar surface area (TPSA) is 119 Å². The van der Waals surface area contributed by atoms with E-state index in [4.69, 9.17) is 14.7 Å². The molecule has 4 aromatic heterocycles. The molecule has 0 spiro atoms. The number of pyridine rings is 1. The maximum Gasteiger partial charge on any atom is 0.256 e. The van der Waals surface area contributed by atoms with Gasteiger partial charge in [0.2, 0.25) is 0 Å². The van der Waals surface area contributed by atoms with Gasteiger partial charge in [0.15, 0.2) is 5.65 Å². The van der Waals surface area contributed by atoms with Crippen molar-refractivity contribution in [2.45, 2.75) is 56.7 Å². The third-order valence-corrected chi connectivity index (χ3v) is 7.40. The fourth-order valence-corrected chi connectivity index (χ4v) is 5.53. The summed E-state index contributed by atoms with van der Waals surface area (Å²) in [6, 6.07) is 6.23. The lowest BCUT2D eigenvalue weighted by molar-refractivity contribution is 0.0706. The van der Waals surface area contributed by atoms with E-state index in [2.05, 4.69) is 32.6 Å². The number of aliphatic hydroxyl groups is 1. The summed E-state index contributed by atoms with van der Waals surface area (Å²) in [4.78, 5) is 22.9. The van der Waals surface area contributed by atoms with E-state index in [0.717, 1.165) is 73.4 Å². The van der Waals surface area contributed by atoms with Crippen molar-refractivity contribution < 1.29 is 14.6 Å². The van der Waals surface area contributed by atoms with E-state index < -0.39 is 0 Å². The molecule has 2 aliphatic rings. The van der Waals surface area contributed by atoms with Crippen LogP contribution >= 0.6 is 0 Å². The van der Waals surface area contributed by atoms with Crippen LogP contribution in [-0.4, -0.2) is 67.6 Å². The fourth-order valence-electron chi connectivity index (χ4n) is 5.53. The molecular weight excluding hydrogens is 458 g/mol. The number of hydrogen-bond acceptors (Lipinski definition) is 7. The Balaban J connectivity index is 1.42. The highest BCUT2D eigenvalue weighted by atomic mass is 16.5. The lowest BCUT2D eigenvalue weighted by Crippen LogP contribution is -2.39. The molecule has 10 nitrogen and oxygen atoms in total. The van der Waals surface area contributed by atoms with Crippen LogP contribution in [0.1, 0.15) is 54.9 Å². The quantitative estimate of drug-likeness (QED) is 0.394. The Morgan fingerprint density at radius 2 is 2.06 bits per heavy atom. The van der Waals surface area contributed by atoms with Gasteiger partial charge >= 0.3 is 0 Å². The Kier molecular flexibility index (Phi) is 6.06. The van der Waals surface area contributed by atoms with Gasteiger partial charge in [-0.3, -0.25) is 4.79 Å². The maximum atomic E-state index is 13.2. The zero-order valence-corrected chi connectivity index (χ0v) is 20.4. The molecule has 10 heteroatoms. The van der Waals surface area contributed by atoms with Crippen molar-refractivity contribution in [1.82, 2.24) is 29.5 Å². The summed E-state index contributed by atoms with van der Waals surface area (Å²) in [5, 5.41) is 21.7. The first kappa shape index (κ1) is 22.9. The second-order valence-electron chi connectivity index (χ2n) is 9.73. The van der Waals surface area contributed by atoms with Crippen LogP contribution in [0.2, 0.25) is 0 Å². The number of hydrogen-bond donors (Lipinski definition) is 3. The molecule has 2 fully saturated rings. The van der Waals surface area contributed by atoms with Crippen molar-refractivity contribution >= 4 is 28.4 Å². The smallest absolute Gasteiger partial charge is 0.256 e. The number of carbonyl (C=O) groups is 1. The first-order valence-corrected chi connectivity index (χ1v) is 12.7. The third-order valence-electron chi connectivity index (χ3n) is 7.40. The second-order valence-corrected chi connectivity index (χ2v) is 9.73. The average Bonchev–Trinajstić information content (AvgIpc) is 3.51. The standard InChI is InChI=1S/C26H31N7O3/c1-27-23-13-22(21-15-32(17-7-10-36-11-8-17)24-19(21)6-3-9-28-24)31-25-20(14-29-33(23)25)26(35)30-16-4-2-5-18(34)12-16/h3,6,9,13-18,27,34H,2,4-5,7-8,10-12H2,1H3,(H,30,35)/t16-,18-/m0/s1. The Morgan fingerprint density at radius 3 is 2.86 bits per heavy atom. The van der Waals surface area contributed by atoms with Crippen LogP contribution in [0.25, 0.3) is 27.9 Å². The number of nitrogens with one attached hydrogen (secondary N) is 2. The second kappa shape index (κ2) is 9.51. The monoisotopic (exact) mass is 489 g/mol. The normalized spacial score (nSPS) is 21.2. The number of fused-ring (bicyclic) bond motifs is 2. The van der Waals surface area contributed by atoms with Gasteiger partial charge in [-0.15, -0.1) is 0 Å². The summed E-state index contributed by atoms with van der Waals surface area (Å²) in [5.74, 6) is 0.514. The van der Waals surface area contributed by atoms with Crippen molar-refractivity contribution in [3.05, 3.63) is 42.4 Å². The van der Waals surface area contributed by atoms with Crippen LogP contribution in [0.5, 0.6) is 0 Å². The van der Waals surface area contributed by atoms with Gasteiger partial charge in [0.1, 0.15) is 17.0 Å². The molecule has 0 bridgehead atoms. The predicted octanol–water partition coefficient (Wildman–Crippen LogP) is 3.17. The Labute approximate surface area is 208 Å². The average molecular weight is 490 g/mol. The number of aliphatic hydroxyl groups excluding tert-OH is 1. The Bertz CT molecular complexity index is 1410. The van der Waals surface area contributed by atoms with Gasteiger partial charge in [0.05, 0.1) is 18.0 Å². The largest absolute Gasteiger partial charge is 0.393 e. The van der Waals surface area contributed by atoms with Crippen molar-refractivity contribution in [3.63, 3.8) is 0 Å². The lowest BCUT2D eigenvalue weighted by Gasteiger charge is -2.26. The number of ether oxygens (including phenoxy) is 1. The summed E-state index contributed by atoms with van der Waals surface area (Å²) < 4.78 is 9.48. The maximum absolute atomic E-state index is 13.2. The summed E-state index contributed by atoms with van der Waals surface area (Å²) in [6.07, 6.45) is 10.2. The van der Waals surface area contributed by atoms with Crippen LogP contribution in [-0.2, 0) is 4.74 Å². The molecule has 0 aromatic carbocycles. The molecule has 36 heavy (non-hydrogen) atoms. The van der Waals surface area contributed by atoms with Crippen LogP contribution < -0.4 is 10.6 Å². The first-order valence-electron chi connectivity index (χ1n) is 12.7. The number of carbonyl (C=O) groups excluding carboxylic acids is 1. The minimum atomic E-state index is -0.366. The molecule has 1 aliphatic heterocycles. The molecule has 3 N–H and O–H groups in total. The lowest BCUT2D eigenvalue weighted by atomic mass is 9.93. The number of rotatable bonds is 5. The molecule has 6 rings (SSSR count). The van der Waals surface area contributed by atoms with Gasteiger partial charge < -0.3 is 25.0 Å². The Hall–Kier alpha value is -3.50. The van der Waals surface area contributed by atoms with E-state index in [1.54, 1.807) is 10.7 Å². The molecular formula is C26H31N7O3. The van der Waals surface area contributed by atoms with Gasteiger partial charge in [0.25, 0.3) is 5.91 Å². The van der Waals surface area contributed by atoms with Gasteiger partial charge in [-0.2, -0.15) is 9.61 Å². The summed E-state index contributed by atoms with van der Waals surface area (Å²) >= 11 is 0. The van der Waals surface area contributed by atoms with Crippen molar-refractivity contribution in [2.75, 3.05) is 25.6 Å². The Morgan fingerprint density at radius 1 is 1.19 bits per heavy atom. The van der Waals surface area contributed by atoms with E-state index in [-0.39, 0.29) is 18.1 Å². The molecule has 188 valence electrons. The van der Waals surface area contributed by atoms with Crippen molar-refractivity contribution in [2.24, 2.45) is 0 Å². The van der Waals surface area contributed by atoms with Gasteiger partial charge in [-0.05, 0) is 50.7 Å². The molecule has 0 unspecified atom stereocenters. The molecule has 1 amide bonds. The molecule has 1 saturated carbocycles. The molecule has 1 aliphatic carbocycles. The van der Waals surface area contributed by atoms with Crippen LogP contribution in [0.15, 0.2) is 36.8 Å². The molecule has 0 radical (unpaired) electrons. The zero-order chi connectivity index (χ0) is 24.6. The summed E-state index contributed by atoms with van der Waals surface area (Å²) in [5.41, 5.74) is 3.54. The van der Waals surface area contributed by atoms with Gasteiger partial charge in [-0.25, -0.2) is 9.97 Å². The van der Waals surface area contributed by atoms with Crippen molar-refractivity contribution in [3.8, 4) is 11.3 Å². The predicted molar refractivity (Wildman–Crippen MR) is 136 cm³/mol. The minimum absolute atomic E-state index is 0.0494. The van der Waals surface area contributed by atoms with Gasteiger partial charge in [-0.1, -0.05) is 0 Å². The fraction of sp³-hybridized carbons (Fsp3) is 0.462. The van der Waals surface area contributed by atoms with E-state index in [0.29, 0.717) is 23.7 Å². The van der Waals surface area contributed by atoms with Crippen LogP contribution in [0.4, 0.5) is 5.82 Å². The van der Waals surface area contributed by atoms with E-state index in [1.165, 1.54) is 0 Å². The number of nitrogens with zero attached hydrogens (tertiary/aromatic N) is 5.